The molecule has 4 nitrogen and oxygen atoms in total. The van der Waals surface area contributed by atoms with Gasteiger partial charge < -0.3 is 16.2 Å². The molecule has 0 aliphatic rings. The minimum absolute atomic E-state index is 0.411. The van der Waals surface area contributed by atoms with Crippen LogP contribution in [0.3, 0.4) is 0 Å². The lowest BCUT2D eigenvalue weighted by molar-refractivity contribution is 0.1000. The Labute approximate surface area is 95.6 Å². The molecule has 0 saturated carbocycles. The van der Waals surface area contributed by atoms with Crippen molar-refractivity contribution in [1.29, 1.82) is 0 Å². The molecule has 0 aliphatic carbocycles. The second-order valence-corrected chi connectivity index (χ2v) is 4.15. The molecule has 0 bridgehead atoms. The van der Waals surface area contributed by atoms with Crippen molar-refractivity contribution in [3.63, 3.8) is 0 Å². The number of hydrogen-bond acceptors (Lipinski definition) is 3. The van der Waals surface area contributed by atoms with Crippen LogP contribution in [0.25, 0.3) is 0 Å². The highest BCUT2D eigenvalue weighted by atomic mass is 16.5. The SMILES string of the molecule is CC(C)CCOc1cc(C(N)=O)ccc1N. The van der Waals surface area contributed by atoms with Crippen molar-refractivity contribution in [2.75, 3.05) is 12.3 Å². The molecule has 88 valence electrons. The zero-order chi connectivity index (χ0) is 12.1. The van der Waals surface area contributed by atoms with E-state index in [4.69, 9.17) is 16.2 Å². The monoisotopic (exact) mass is 222 g/mol. The summed E-state index contributed by atoms with van der Waals surface area (Å²) in [5.41, 5.74) is 11.8. The van der Waals surface area contributed by atoms with Crippen LogP contribution in [0.4, 0.5) is 5.69 Å². The van der Waals surface area contributed by atoms with Gasteiger partial charge in [0, 0.05) is 5.56 Å². The van der Waals surface area contributed by atoms with Crippen LogP contribution in [0.15, 0.2) is 18.2 Å². The summed E-state index contributed by atoms with van der Waals surface area (Å²) >= 11 is 0. The summed E-state index contributed by atoms with van der Waals surface area (Å²) in [7, 11) is 0. The van der Waals surface area contributed by atoms with E-state index in [0.29, 0.717) is 29.5 Å². The van der Waals surface area contributed by atoms with Gasteiger partial charge in [-0.3, -0.25) is 4.79 Å². The Bertz CT molecular complexity index is 375. The molecule has 0 fully saturated rings. The van der Waals surface area contributed by atoms with E-state index in [2.05, 4.69) is 13.8 Å². The second-order valence-electron chi connectivity index (χ2n) is 4.15. The molecule has 0 heterocycles. The summed E-state index contributed by atoms with van der Waals surface area (Å²) in [5, 5.41) is 0. The number of nitrogen functional groups attached to an aromatic ring is 1. The highest BCUT2D eigenvalue weighted by Crippen LogP contribution is 2.23. The molecule has 4 N–H and O–H groups in total. The number of nitrogens with two attached hydrogens (primary N) is 2. The van der Waals surface area contributed by atoms with Crippen molar-refractivity contribution >= 4 is 11.6 Å². The smallest absolute Gasteiger partial charge is 0.248 e. The summed E-state index contributed by atoms with van der Waals surface area (Å²) in [4.78, 5) is 11.0. The van der Waals surface area contributed by atoms with Gasteiger partial charge in [-0.15, -0.1) is 0 Å². The van der Waals surface area contributed by atoms with Gasteiger partial charge in [-0.1, -0.05) is 13.8 Å². The molecular formula is C12H18N2O2. The molecule has 0 aliphatic heterocycles. The Kier molecular flexibility index (Phi) is 4.17. The second kappa shape index (κ2) is 5.39. The van der Waals surface area contributed by atoms with Gasteiger partial charge in [0.25, 0.3) is 0 Å². The molecule has 0 atom stereocenters. The summed E-state index contributed by atoms with van der Waals surface area (Å²) in [6.07, 6.45) is 0.945. The molecule has 1 rings (SSSR count). The van der Waals surface area contributed by atoms with Gasteiger partial charge in [0.2, 0.25) is 5.91 Å². The molecule has 0 aromatic heterocycles. The quantitative estimate of drug-likeness (QED) is 0.745. The lowest BCUT2D eigenvalue weighted by Crippen LogP contribution is -2.12. The predicted molar refractivity (Wildman–Crippen MR) is 64.3 cm³/mol. The van der Waals surface area contributed by atoms with Gasteiger partial charge in [0.1, 0.15) is 5.75 Å². The first-order chi connectivity index (χ1) is 7.50. The summed E-state index contributed by atoms with van der Waals surface area (Å²) < 4.78 is 5.51. The lowest BCUT2D eigenvalue weighted by atomic mass is 10.1. The zero-order valence-corrected chi connectivity index (χ0v) is 9.69. The number of ether oxygens (including phenoxy) is 1. The largest absolute Gasteiger partial charge is 0.491 e. The highest BCUT2D eigenvalue weighted by molar-refractivity contribution is 5.93. The number of amides is 1. The summed E-state index contributed by atoms with van der Waals surface area (Å²) in [5.74, 6) is 0.617. The van der Waals surface area contributed by atoms with Crippen LogP contribution < -0.4 is 16.2 Å². The Morgan fingerprint density at radius 2 is 2.12 bits per heavy atom. The number of rotatable bonds is 5. The fourth-order valence-electron chi connectivity index (χ4n) is 1.22. The van der Waals surface area contributed by atoms with Gasteiger partial charge in [-0.2, -0.15) is 0 Å². The summed E-state index contributed by atoms with van der Waals surface area (Å²) in [6.45, 7) is 4.82. The van der Waals surface area contributed by atoms with E-state index in [1.165, 1.54) is 0 Å². The van der Waals surface area contributed by atoms with Crippen LogP contribution in [0.2, 0.25) is 0 Å². The molecule has 1 amide bonds. The number of primary amides is 1. The molecule has 0 spiro atoms. The van der Waals surface area contributed by atoms with E-state index in [9.17, 15) is 4.79 Å². The molecule has 1 aromatic rings. The van der Waals surface area contributed by atoms with Gasteiger partial charge in [-0.05, 0) is 30.5 Å². The molecular weight excluding hydrogens is 204 g/mol. The van der Waals surface area contributed by atoms with Gasteiger partial charge >= 0.3 is 0 Å². The Morgan fingerprint density at radius 3 is 2.69 bits per heavy atom. The topological polar surface area (TPSA) is 78.3 Å². The average molecular weight is 222 g/mol. The van der Waals surface area contributed by atoms with Crippen LogP contribution in [-0.4, -0.2) is 12.5 Å². The number of benzene rings is 1. The van der Waals surface area contributed by atoms with Crippen LogP contribution >= 0.6 is 0 Å². The first-order valence-corrected chi connectivity index (χ1v) is 5.33. The third-order valence-electron chi connectivity index (χ3n) is 2.25. The molecule has 1 aromatic carbocycles. The number of hydrogen-bond donors (Lipinski definition) is 2. The minimum atomic E-state index is -0.478. The van der Waals surface area contributed by atoms with E-state index in [0.717, 1.165) is 6.42 Å². The molecule has 0 unspecified atom stereocenters. The van der Waals surface area contributed by atoms with Crippen LogP contribution in [0.5, 0.6) is 5.75 Å². The first-order valence-electron chi connectivity index (χ1n) is 5.33. The third-order valence-corrected chi connectivity index (χ3v) is 2.25. The maximum Gasteiger partial charge on any atom is 0.248 e. The van der Waals surface area contributed by atoms with E-state index >= 15 is 0 Å². The van der Waals surface area contributed by atoms with Crippen LogP contribution in [0, 0.1) is 5.92 Å². The fraction of sp³-hybridized carbons (Fsp3) is 0.417. The number of carbonyl (C=O) groups is 1. The van der Waals surface area contributed by atoms with Crippen molar-refractivity contribution in [3.05, 3.63) is 23.8 Å². The Hall–Kier alpha value is -1.71. The maximum absolute atomic E-state index is 11.0. The standard InChI is InChI=1S/C12H18N2O2/c1-8(2)5-6-16-11-7-9(12(14)15)3-4-10(11)13/h3-4,7-8H,5-6,13H2,1-2H3,(H2,14,15). The molecule has 0 saturated heterocycles. The molecule has 16 heavy (non-hydrogen) atoms. The highest BCUT2D eigenvalue weighted by Gasteiger charge is 2.06. The number of carbonyl (C=O) groups excluding carboxylic acids is 1. The van der Waals surface area contributed by atoms with E-state index in [1.54, 1.807) is 18.2 Å². The first kappa shape index (κ1) is 12.4. The Morgan fingerprint density at radius 1 is 1.44 bits per heavy atom. The van der Waals surface area contributed by atoms with Gasteiger partial charge in [0.05, 0.1) is 12.3 Å². The van der Waals surface area contributed by atoms with Crippen LogP contribution in [0.1, 0.15) is 30.6 Å². The number of anilines is 1. The van der Waals surface area contributed by atoms with Crippen molar-refractivity contribution in [2.24, 2.45) is 11.7 Å². The maximum atomic E-state index is 11.0. The van der Waals surface area contributed by atoms with Gasteiger partial charge in [0.15, 0.2) is 0 Å². The third kappa shape index (κ3) is 3.46. The van der Waals surface area contributed by atoms with Crippen molar-refractivity contribution < 1.29 is 9.53 Å². The fourth-order valence-corrected chi connectivity index (χ4v) is 1.22. The van der Waals surface area contributed by atoms with Crippen LogP contribution in [-0.2, 0) is 0 Å². The van der Waals surface area contributed by atoms with Crippen molar-refractivity contribution in [1.82, 2.24) is 0 Å². The van der Waals surface area contributed by atoms with Gasteiger partial charge in [-0.25, -0.2) is 0 Å². The van der Waals surface area contributed by atoms with E-state index < -0.39 is 5.91 Å². The minimum Gasteiger partial charge on any atom is -0.491 e. The van der Waals surface area contributed by atoms with E-state index in [1.807, 2.05) is 0 Å². The van der Waals surface area contributed by atoms with Crippen molar-refractivity contribution in [2.45, 2.75) is 20.3 Å². The Balaban J connectivity index is 2.70. The van der Waals surface area contributed by atoms with E-state index in [-0.39, 0.29) is 0 Å². The lowest BCUT2D eigenvalue weighted by Gasteiger charge is -2.10. The van der Waals surface area contributed by atoms with Crippen molar-refractivity contribution in [3.8, 4) is 5.75 Å². The molecule has 4 heteroatoms. The molecule has 0 radical (unpaired) electrons. The summed E-state index contributed by atoms with van der Waals surface area (Å²) in [6, 6.07) is 4.80. The average Bonchev–Trinajstić information content (AvgIpc) is 2.20. The zero-order valence-electron chi connectivity index (χ0n) is 9.69. The predicted octanol–water partition coefficient (Wildman–Crippen LogP) is 1.79. The normalized spacial score (nSPS) is 10.4.